The van der Waals surface area contributed by atoms with Gasteiger partial charge in [0, 0.05) is 32.2 Å². The van der Waals surface area contributed by atoms with E-state index in [0.29, 0.717) is 6.54 Å². The van der Waals surface area contributed by atoms with Crippen LogP contribution in [0, 0.1) is 6.92 Å². The Balaban J connectivity index is 1.55. The molecule has 3 rings (SSSR count). The number of para-hydroxylation sites is 2. The molecule has 0 atom stereocenters. The first-order chi connectivity index (χ1) is 14.6. The third kappa shape index (κ3) is 5.83. The largest absolute Gasteiger partial charge is 0.357 e. The molecule has 0 radical (unpaired) electrons. The van der Waals surface area contributed by atoms with E-state index in [1.54, 1.807) is 0 Å². The molecule has 0 aliphatic carbocycles. The molecule has 0 unspecified atom stereocenters. The van der Waals surface area contributed by atoms with Crippen molar-refractivity contribution in [1.29, 1.82) is 0 Å². The average Bonchev–Trinajstić information content (AvgIpc) is 3.04. The third-order valence-corrected chi connectivity index (χ3v) is 4.71. The number of benzene rings is 2. The molecule has 30 heavy (non-hydrogen) atoms. The number of amides is 1. The average molecular weight is 407 g/mol. The van der Waals surface area contributed by atoms with E-state index in [-0.39, 0.29) is 5.91 Å². The Bertz CT molecular complexity index is 1020. The topological polar surface area (TPSA) is 83.3 Å². The Hall–Kier alpha value is -3.35. The number of carbonyl (C=O) groups is 1. The number of hydrogen-bond donors (Lipinski definition) is 3. The van der Waals surface area contributed by atoms with Crippen molar-refractivity contribution < 1.29 is 4.79 Å². The van der Waals surface area contributed by atoms with Gasteiger partial charge in [-0.25, -0.2) is 9.98 Å². The minimum absolute atomic E-state index is 0.0773. The Kier molecular flexibility index (Phi) is 7.43. The van der Waals surface area contributed by atoms with E-state index in [1.165, 1.54) is 12.4 Å². The first-order valence-electron chi connectivity index (χ1n) is 10.4. The van der Waals surface area contributed by atoms with Gasteiger partial charge in [-0.1, -0.05) is 24.3 Å². The van der Waals surface area contributed by atoms with Gasteiger partial charge in [-0.3, -0.25) is 4.79 Å². The Morgan fingerprint density at radius 1 is 1.13 bits per heavy atom. The van der Waals surface area contributed by atoms with Gasteiger partial charge in [-0.15, -0.1) is 0 Å². The molecule has 0 saturated carbocycles. The number of hydrogen-bond acceptors (Lipinski definition) is 3. The number of aliphatic imine (C=N–C) groups is 1. The maximum absolute atomic E-state index is 11.2. The van der Waals surface area contributed by atoms with Gasteiger partial charge >= 0.3 is 0 Å². The quantitative estimate of drug-likeness (QED) is 0.304. The van der Waals surface area contributed by atoms with Crippen molar-refractivity contribution in [3.63, 3.8) is 0 Å². The summed E-state index contributed by atoms with van der Waals surface area (Å²) in [4.78, 5) is 20.5. The van der Waals surface area contributed by atoms with Crippen molar-refractivity contribution in [2.24, 2.45) is 4.99 Å². The molecule has 3 N–H and O–H groups in total. The summed E-state index contributed by atoms with van der Waals surface area (Å²) < 4.78 is 2.26. The zero-order valence-electron chi connectivity index (χ0n) is 17.9. The number of guanidine groups is 1. The highest BCUT2D eigenvalue weighted by molar-refractivity contribution is 5.88. The molecule has 7 heteroatoms. The van der Waals surface area contributed by atoms with Crippen molar-refractivity contribution in [2.45, 2.75) is 40.3 Å². The molecule has 0 saturated heterocycles. The summed E-state index contributed by atoms with van der Waals surface area (Å²) in [5.74, 6) is 1.75. The molecule has 0 bridgehead atoms. The molecule has 0 aliphatic rings. The summed E-state index contributed by atoms with van der Waals surface area (Å²) in [5, 5.41) is 9.49. The highest BCUT2D eigenvalue weighted by Gasteiger charge is 2.06. The maximum atomic E-state index is 11.2. The molecule has 7 nitrogen and oxygen atoms in total. The molecule has 3 aromatic rings. The lowest BCUT2D eigenvalue weighted by Gasteiger charge is -2.12. The minimum atomic E-state index is -0.0773. The second kappa shape index (κ2) is 10.4. The van der Waals surface area contributed by atoms with E-state index in [4.69, 9.17) is 0 Å². The Labute approximate surface area is 177 Å². The summed E-state index contributed by atoms with van der Waals surface area (Å²) >= 11 is 0. The van der Waals surface area contributed by atoms with E-state index < -0.39 is 0 Å². The smallest absolute Gasteiger partial charge is 0.221 e. The van der Waals surface area contributed by atoms with Gasteiger partial charge in [0.2, 0.25) is 5.91 Å². The second-order valence-electron chi connectivity index (χ2n) is 7.16. The summed E-state index contributed by atoms with van der Waals surface area (Å²) in [7, 11) is 0. The van der Waals surface area contributed by atoms with Gasteiger partial charge in [0.05, 0.1) is 17.6 Å². The highest BCUT2D eigenvalue weighted by atomic mass is 16.1. The number of aromatic nitrogens is 2. The van der Waals surface area contributed by atoms with Crippen LogP contribution in [0.2, 0.25) is 0 Å². The van der Waals surface area contributed by atoms with Gasteiger partial charge < -0.3 is 20.5 Å². The lowest BCUT2D eigenvalue weighted by Crippen LogP contribution is -2.38. The van der Waals surface area contributed by atoms with Gasteiger partial charge in [-0.2, -0.15) is 0 Å². The van der Waals surface area contributed by atoms with Crippen LogP contribution in [0.5, 0.6) is 0 Å². The molecular formula is C23H30N6O. The van der Waals surface area contributed by atoms with Crippen LogP contribution in [0.4, 0.5) is 5.69 Å². The highest BCUT2D eigenvalue weighted by Crippen LogP contribution is 2.15. The van der Waals surface area contributed by atoms with Crippen molar-refractivity contribution >= 4 is 28.6 Å². The summed E-state index contributed by atoms with van der Waals surface area (Å²) in [6, 6.07) is 16.0. The van der Waals surface area contributed by atoms with Gasteiger partial charge in [0.25, 0.3) is 0 Å². The first kappa shape index (κ1) is 21.4. The fourth-order valence-electron chi connectivity index (χ4n) is 3.38. The fourth-order valence-corrected chi connectivity index (χ4v) is 3.38. The zero-order valence-corrected chi connectivity index (χ0v) is 17.9. The van der Waals surface area contributed by atoms with Gasteiger partial charge in [0.15, 0.2) is 5.96 Å². The number of rotatable bonds is 8. The van der Waals surface area contributed by atoms with E-state index in [2.05, 4.69) is 49.6 Å². The number of imidazole rings is 1. The van der Waals surface area contributed by atoms with Crippen LogP contribution >= 0.6 is 0 Å². The Morgan fingerprint density at radius 3 is 2.77 bits per heavy atom. The lowest BCUT2D eigenvalue weighted by atomic mass is 10.2. The van der Waals surface area contributed by atoms with Crippen molar-refractivity contribution in [3.8, 4) is 0 Å². The van der Waals surface area contributed by atoms with Gasteiger partial charge in [-0.05, 0) is 50.1 Å². The van der Waals surface area contributed by atoms with E-state index in [1.807, 2.05) is 43.3 Å². The van der Waals surface area contributed by atoms with Crippen LogP contribution in [-0.2, 0) is 17.9 Å². The Morgan fingerprint density at radius 2 is 1.97 bits per heavy atom. The SMILES string of the molecule is CCNC(=NCc1cccc(NC(C)=O)c1)NCCCn1c(C)nc2ccccc21. The van der Waals surface area contributed by atoms with Crippen molar-refractivity contribution in [1.82, 2.24) is 20.2 Å². The fraction of sp³-hybridized carbons (Fsp3) is 0.348. The van der Waals surface area contributed by atoms with E-state index >= 15 is 0 Å². The lowest BCUT2D eigenvalue weighted by molar-refractivity contribution is -0.114. The molecule has 1 aromatic heterocycles. The summed E-state index contributed by atoms with van der Waals surface area (Å²) in [5.41, 5.74) is 4.05. The van der Waals surface area contributed by atoms with Gasteiger partial charge in [0.1, 0.15) is 5.82 Å². The number of nitrogens with one attached hydrogen (secondary N) is 3. The van der Waals surface area contributed by atoms with Crippen LogP contribution in [0.3, 0.4) is 0 Å². The van der Waals surface area contributed by atoms with Crippen LogP contribution in [-0.4, -0.2) is 34.5 Å². The normalized spacial score (nSPS) is 11.5. The summed E-state index contributed by atoms with van der Waals surface area (Å²) in [6.07, 6.45) is 0.962. The van der Waals surface area contributed by atoms with Crippen molar-refractivity contribution in [3.05, 3.63) is 59.9 Å². The number of anilines is 1. The molecule has 0 fully saturated rings. The summed E-state index contributed by atoms with van der Waals surface area (Å²) in [6.45, 7) is 8.65. The van der Waals surface area contributed by atoms with E-state index in [9.17, 15) is 4.79 Å². The van der Waals surface area contributed by atoms with Crippen LogP contribution < -0.4 is 16.0 Å². The molecule has 0 spiro atoms. The number of aryl methyl sites for hydroxylation is 2. The number of nitrogens with zero attached hydrogens (tertiary/aromatic N) is 3. The van der Waals surface area contributed by atoms with Crippen LogP contribution in [0.15, 0.2) is 53.5 Å². The van der Waals surface area contributed by atoms with Crippen LogP contribution in [0.1, 0.15) is 31.7 Å². The molecular weight excluding hydrogens is 376 g/mol. The number of carbonyl (C=O) groups excluding carboxylic acids is 1. The zero-order chi connectivity index (χ0) is 21.3. The van der Waals surface area contributed by atoms with E-state index in [0.717, 1.165) is 54.6 Å². The third-order valence-electron chi connectivity index (χ3n) is 4.71. The standard InChI is InChI=1S/C23H30N6O/c1-4-24-23(26-16-19-9-7-10-20(15-19)28-18(3)30)25-13-8-14-29-17(2)27-21-11-5-6-12-22(21)29/h5-7,9-12,15H,4,8,13-14,16H2,1-3H3,(H,28,30)(H2,24,25,26). The first-order valence-corrected chi connectivity index (χ1v) is 10.4. The molecule has 0 aliphatic heterocycles. The monoisotopic (exact) mass is 406 g/mol. The molecule has 1 heterocycles. The molecule has 1 amide bonds. The maximum Gasteiger partial charge on any atom is 0.221 e. The second-order valence-corrected chi connectivity index (χ2v) is 7.16. The van der Waals surface area contributed by atoms with Crippen LogP contribution in [0.25, 0.3) is 11.0 Å². The predicted molar refractivity (Wildman–Crippen MR) is 123 cm³/mol. The van der Waals surface area contributed by atoms with Crippen molar-refractivity contribution in [2.75, 3.05) is 18.4 Å². The molecule has 2 aromatic carbocycles. The predicted octanol–water partition coefficient (Wildman–Crippen LogP) is 3.45. The number of fused-ring (bicyclic) bond motifs is 1. The minimum Gasteiger partial charge on any atom is -0.357 e. The molecule has 158 valence electrons.